The summed E-state index contributed by atoms with van der Waals surface area (Å²) in [6, 6.07) is 47.4. The van der Waals surface area contributed by atoms with E-state index in [-0.39, 0.29) is 111 Å². The SMILES string of the molecule is CC(=N\O)/C([O-])=N/N=C/c1ccccc1[O-].CC(=N\O)/C([O-])=N/N=C/c1ccccc1[O-].CN(C)C=O.CN(C)C=O.CO.CO.O=C(/C=C(\[O-])c1ccccc1)c1ccccc1.O=C(/C=C(\[O-])c1ccccc1)c1ccccc1.[Y+3].[Y+3]. The third-order valence-electron chi connectivity index (χ3n) is 8.63. The number of hydrogen-bond acceptors (Lipinski definition) is 20. The van der Waals surface area contributed by atoms with Crippen LogP contribution in [0.5, 0.6) is 11.5 Å². The summed E-state index contributed by atoms with van der Waals surface area (Å²) in [5, 5.41) is 117. The van der Waals surface area contributed by atoms with E-state index in [1.54, 1.807) is 162 Å². The monoisotopic (exact) mass is 1270 g/mol. The van der Waals surface area contributed by atoms with Gasteiger partial charge in [-0.15, -0.1) is 0 Å². The molecule has 0 aromatic heterocycles. The quantitative estimate of drug-likeness (QED) is 0.0178. The average Bonchev–Trinajstić information content (AvgIpc) is 3.50. The van der Waals surface area contributed by atoms with Gasteiger partial charge in [0.25, 0.3) is 0 Å². The number of ketones is 2. The maximum absolute atomic E-state index is 11.8. The molecule has 4 N–H and O–H groups in total. The molecule has 0 aliphatic rings. The number of carbonyl (C=O) groups excluding carboxylic acids is 4. The van der Waals surface area contributed by atoms with Crippen molar-refractivity contribution < 1.29 is 136 Å². The van der Waals surface area contributed by atoms with Crippen molar-refractivity contribution in [1.29, 1.82) is 0 Å². The van der Waals surface area contributed by atoms with Gasteiger partial charge >= 0.3 is 65.4 Å². The molecule has 6 aromatic rings. The Bertz CT molecular complexity index is 2760. The Morgan fingerprint density at radius 1 is 0.427 bits per heavy atom. The van der Waals surface area contributed by atoms with Crippen LogP contribution < -0.4 is 30.6 Å². The van der Waals surface area contributed by atoms with E-state index in [2.05, 4.69) is 30.7 Å². The Morgan fingerprint density at radius 3 is 0.890 bits per heavy atom. The summed E-state index contributed by atoms with van der Waals surface area (Å²) in [7, 11) is 8.75. The molecule has 0 fully saturated rings. The number of allylic oxidation sites excluding steroid dienone is 2. The van der Waals surface area contributed by atoms with Gasteiger partial charge in [0, 0.05) is 65.3 Å². The first-order valence-electron chi connectivity index (χ1n) is 23.0. The fourth-order valence-corrected chi connectivity index (χ4v) is 4.67. The maximum atomic E-state index is 11.8. The van der Waals surface area contributed by atoms with Crippen LogP contribution in [0.15, 0.2) is 213 Å². The van der Waals surface area contributed by atoms with E-state index >= 15 is 0 Å². The third kappa shape index (κ3) is 37.5. The van der Waals surface area contributed by atoms with Crippen LogP contribution in [0.25, 0.3) is 11.5 Å². The molecule has 0 heterocycles. The van der Waals surface area contributed by atoms with Crippen molar-refractivity contribution in [3.05, 3.63) is 215 Å². The second-order valence-corrected chi connectivity index (χ2v) is 15.1. The number of aliphatic hydroxyl groups excluding tert-OH is 2. The molecule has 0 radical (unpaired) electrons. The number of nitrogens with zero attached hydrogens (tertiary/aromatic N) is 8. The van der Waals surface area contributed by atoms with Crippen LogP contribution >= 0.6 is 0 Å². The van der Waals surface area contributed by atoms with Crippen LogP contribution in [-0.4, -0.2) is 133 Å². The molecule has 0 aliphatic carbocycles. The van der Waals surface area contributed by atoms with Crippen molar-refractivity contribution in [2.24, 2.45) is 30.7 Å². The maximum Gasteiger partial charge on any atom is 3.00 e. The Morgan fingerprint density at radius 2 is 0.659 bits per heavy atom. The van der Waals surface area contributed by atoms with Crippen molar-refractivity contribution in [1.82, 2.24) is 9.80 Å². The molecular weight excluding hydrogens is 1210 g/mol. The Labute approximate surface area is 527 Å². The predicted octanol–water partition coefficient (Wildman–Crippen LogP) is 2.57. The van der Waals surface area contributed by atoms with Crippen molar-refractivity contribution in [2.75, 3.05) is 42.4 Å². The van der Waals surface area contributed by atoms with Crippen LogP contribution in [0.1, 0.15) is 56.8 Å². The summed E-state index contributed by atoms with van der Waals surface area (Å²) < 4.78 is 0. The summed E-state index contributed by atoms with van der Waals surface area (Å²) >= 11 is 0. The Hall–Kier alpha value is -8.37. The predicted molar refractivity (Wildman–Crippen MR) is 298 cm³/mol. The fraction of sp³-hybridized carbons (Fsp3) is 0.138. The van der Waals surface area contributed by atoms with E-state index in [1.807, 2.05) is 24.3 Å². The second-order valence-electron chi connectivity index (χ2n) is 15.1. The van der Waals surface area contributed by atoms with Crippen molar-refractivity contribution in [3.63, 3.8) is 0 Å². The minimum atomic E-state index is -0.762. The van der Waals surface area contributed by atoms with Crippen molar-refractivity contribution >= 4 is 71.6 Å². The summed E-state index contributed by atoms with van der Waals surface area (Å²) in [6.45, 7) is 2.59. The molecule has 0 aliphatic heterocycles. The molecule has 0 saturated heterocycles. The molecule has 0 spiro atoms. The zero-order chi connectivity index (χ0) is 60.7. The average molecular weight is 1270 g/mol. The molecule has 0 unspecified atom stereocenters. The number of amides is 2. The number of carbonyl (C=O) groups is 4. The third-order valence-corrected chi connectivity index (χ3v) is 8.63. The number of rotatable bonds is 14. The summed E-state index contributed by atoms with van der Waals surface area (Å²) in [4.78, 5) is 45.3. The van der Waals surface area contributed by atoms with E-state index in [0.717, 1.165) is 39.2 Å². The van der Waals surface area contributed by atoms with Gasteiger partial charge in [-0.25, -0.2) is 0 Å². The van der Waals surface area contributed by atoms with Crippen LogP contribution in [0, 0.1) is 0 Å². The van der Waals surface area contributed by atoms with Gasteiger partial charge in [0.1, 0.15) is 0 Å². The van der Waals surface area contributed by atoms with E-state index in [0.29, 0.717) is 33.4 Å². The molecular formula is C58H62N8O14Y2. The number of para-hydroxylation sites is 2. The smallest absolute Gasteiger partial charge is 0.872 e. The van der Waals surface area contributed by atoms with E-state index in [4.69, 9.17) is 20.6 Å². The van der Waals surface area contributed by atoms with Crippen LogP contribution in [-0.2, 0) is 75.0 Å². The van der Waals surface area contributed by atoms with Gasteiger partial charge in [0.15, 0.2) is 11.6 Å². The van der Waals surface area contributed by atoms with E-state index < -0.39 is 11.8 Å². The summed E-state index contributed by atoms with van der Waals surface area (Å²) in [5.74, 6) is -3.00. The molecule has 2 amide bonds. The largest absolute Gasteiger partial charge is 3.00 e. The summed E-state index contributed by atoms with van der Waals surface area (Å²) in [5.41, 5.74) is 2.41. The van der Waals surface area contributed by atoms with Gasteiger partial charge in [0.2, 0.25) is 12.8 Å². The van der Waals surface area contributed by atoms with Crippen LogP contribution in [0.3, 0.4) is 0 Å². The number of oxime groups is 2. The topological polar surface area (TPSA) is 368 Å². The minimum absolute atomic E-state index is 0. The normalized spacial score (nSPS) is 10.8. The van der Waals surface area contributed by atoms with Gasteiger partial charge in [-0.1, -0.05) is 203 Å². The molecule has 0 atom stereocenters. The summed E-state index contributed by atoms with van der Waals surface area (Å²) in [6.07, 6.45) is 6.10. The van der Waals surface area contributed by atoms with E-state index in [9.17, 15) is 49.8 Å². The van der Waals surface area contributed by atoms with Gasteiger partial charge in [0.05, 0.1) is 23.9 Å². The fourth-order valence-electron chi connectivity index (χ4n) is 4.67. The Balaban J connectivity index is -0.000000455. The molecule has 6 aromatic carbocycles. The van der Waals surface area contributed by atoms with Gasteiger partial charge in [-0.05, 0) is 48.3 Å². The molecule has 0 bridgehead atoms. The van der Waals surface area contributed by atoms with Gasteiger partial charge < -0.3 is 61.1 Å². The molecule has 24 heteroatoms. The minimum Gasteiger partial charge on any atom is -0.872 e. The second kappa shape index (κ2) is 50.8. The number of benzene rings is 6. The first-order valence-corrected chi connectivity index (χ1v) is 23.0. The van der Waals surface area contributed by atoms with Crippen LogP contribution in [0.2, 0.25) is 0 Å². The number of hydrogen-bond donors (Lipinski definition) is 4. The first kappa shape index (κ1) is 80.1. The number of aliphatic hydroxyl groups is 2. The van der Waals surface area contributed by atoms with Crippen LogP contribution in [0.4, 0.5) is 0 Å². The molecule has 424 valence electrons. The molecule has 0 saturated carbocycles. The first-order chi connectivity index (χ1) is 38.4. The Kier molecular flexibility index (Phi) is 49.6. The van der Waals surface area contributed by atoms with Gasteiger partial charge in [-0.2, -0.15) is 20.4 Å². The van der Waals surface area contributed by atoms with E-state index in [1.165, 1.54) is 48.2 Å². The molecule has 82 heavy (non-hydrogen) atoms. The molecule has 22 nitrogen and oxygen atoms in total. The van der Waals surface area contributed by atoms with Gasteiger partial charge in [-0.3, -0.25) is 19.2 Å². The molecule has 6 rings (SSSR count). The van der Waals surface area contributed by atoms with Crippen molar-refractivity contribution in [3.8, 4) is 11.5 Å². The zero-order valence-electron chi connectivity index (χ0n) is 46.2. The zero-order valence-corrected chi connectivity index (χ0v) is 51.9. The van der Waals surface area contributed by atoms with Crippen molar-refractivity contribution in [2.45, 2.75) is 13.8 Å². The standard InChI is InChI=1S/2C15H12O2.2C10H11N3O3.2C3H7NO.2CH4O.2Y/c2*16-14(12-7-3-1-4-8-12)11-15(17)13-9-5-2-6-10-13;2*1-7(13-16)10(15)12-11-6-8-4-2-3-5-9(8)14;2*1-4(2)3-5;2*1-2;;/h2*1-11,16H;2*2-6,14,16H,1H3,(H,12,15);2*3H,1-2H3;2*2H,1H3;;/q;;;;;;;;2*+3/p-6/b2*14-11-;2*11-6+,13-7+;;;;;;.